The molecule has 1 aromatic rings. The third-order valence-electron chi connectivity index (χ3n) is 2.57. The highest BCUT2D eigenvalue weighted by Gasteiger charge is 2.25. The van der Waals surface area contributed by atoms with Gasteiger partial charge in [-0.1, -0.05) is 0 Å². The molecule has 2 rings (SSSR count). The monoisotopic (exact) mass is 180 g/mol. The van der Waals surface area contributed by atoms with E-state index < -0.39 is 0 Å². The molecular weight excluding hydrogens is 164 g/mol. The Kier molecular flexibility index (Phi) is 2.09. The maximum Gasteiger partial charge on any atom is 0.0772 e. The first kappa shape index (κ1) is 8.72. The van der Waals surface area contributed by atoms with E-state index in [1.807, 2.05) is 17.8 Å². The molecule has 0 aromatic carbocycles. The van der Waals surface area contributed by atoms with E-state index in [1.165, 1.54) is 0 Å². The minimum Gasteiger partial charge on any atom is -0.324 e. The standard InChI is InChI=1S/C9H16N4/c1-7(10)8-3-11-13(4-8)9-5-12(2)6-9/h3-4,7,9H,5-6,10H2,1-2H3. The molecule has 2 N–H and O–H groups in total. The Morgan fingerprint density at radius 1 is 1.62 bits per heavy atom. The Bertz CT molecular complexity index is 286. The van der Waals surface area contributed by atoms with E-state index in [9.17, 15) is 0 Å². The number of hydrogen-bond acceptors (Lipinski definition) is 3. The summed E-state index contributed by atoms with van der Waals surface area (Å²) in [4.78, 5) is 2.28. The van der Waals surface area contributed by atoms with Crippen LogP contribution < -0.4 is 5.73 Å². The van der Waals surface area contributed by atoms with Gasteiger partial charge in [0.05, 0.1) is 12.2 Å². The quantitative estimate of drug-likeness (QED) is 0.716. The lowest BCUT2D eigenvalue weighted by molar-refractivity contribution is 0.130. The lowest BCUT2D eigenvalue weighted by Gasteiger charge is -2.36. The third-order valence-corrected chi connectivity index (χ3v) is 2.57. The third kappa shape index (κ3) is 1.59. The van der Waals surface area contributed by atoms with Gasteiger partial charge in [-0.05, 0) is 14.0 Å². The average molecular weight is 180 g/mol. The van der Waals surface area contributed by atoms with Crippen molar-refractivity contribution < 1.29 is 0 Å². The number of likely N-dealkylation sites (tertiary alicyclic amines) is 1. The Labute approximate surface area is 78.3 Å². The predicted octanol–water partition coefficient (Wildman–Crippen LogP) is 0.389. The molecule has 0 bridgehead atoms. The molecule has 1 aromatic heterocycles. The molecule has 0 amide bonds. The van der Waals surface area contributed by atoms with E-state index >= 15 is 0 Å². The maximum atomic E-state index is 5.75. The average Bonchev–Trinajstić information content (AvgIpc) is 2.46. The number of aromatic nitrogens is 2. The van der Waals surface area contributed by atoms with Crippen LogP contribution in [-0.2, 0) is 0 Å². The molecule has 0 spiro atoms. The first-order chi connectivity index (χ1) is 6.16. The molecule has 1 saturated heterocycles. The van der Waals surface area contributed by atoms with Crippen molar-refractivity contribution in [1.82, 2.24) is 14.7 Å². The van der Waals surface area contributed by atoms with E-state index in [0.29, 0.717) is 6.04 Å². The van der Waals surface area contributed by atoms with Crippen molar-refractivity contribution in [2.75, 3.05) is 20.1 Å². The van der Waals surface area contributed by atoms with Crippen molar-refractivity contribution in [3.8, 4) is 0 Å². The van der Waals surface area contributed by atoms with Crippen LogP contribution in [0, 0.1) is 0 Å². The molecule has 2 heterocycles. The minimum absolute atomic E-state index is 0.0894. The van der Waals surface area contributed by atoms with Gasteiger partial charge in [0.2, 0.25) is 0 Å². The van der Waals surface area contributed by atoms with Gasteiger partial charge >= 0.3 is 0 Å². The molecule has 1 atom stereocenters. The Balaban J connectivity index is 2.06. The molecule has 1 aliphatic rings. The van der Waals surface area contributed by atoms with Crippen LogP contribution in [0.25, 0.3) is 0 Å². The first-order valence-electron chi connectivity index (χ1n) is 4.65. The van der Waals surface area contributed by atoms with Crippen molar-refractivity contribution in [2.45, 2.75) is 19.0 Å². The van der Waals surface area contributed by atoms with Crippen LogP contribution in [0.1, 0.15) is 24.6 Å². The summed E-state index contributed by atoms with van der Waals surface area (Å²) in [7, 11) is 2.12. The molecule has 0 aliphatic carbocycles. The van der Waals surface area contributed by atoms with Gasteiger partial charge in [-0.2, -0.15) is 5.10 Å². The zero-order valence-corrected chi connectivity index (χ0v) is 8.14. The molecule has 0 radical (unpaired) electrons. The van der Waals surface area contributed by atoms with Gasteiger partial charge in [-0.25, -0.2) is 0 Å². The fraction of sp³-hybridized carbons (Fsp3) is 0.667. The van der Waals surface area contributed by atoms with E-state index in [0.717, 1.165) is 18.7 Å². The molecule has 1 aliphatic heterocycles. The molecule has 1 unspecified atom stereocenters. The first-order valence-corrected chi connectivity index (χ1v) is 4.65. The van der Waals surface area contributed by atoms with Gasteiger partial charge in [0.25, 0.3) is 0 Å². The number of rotatable bonds is 2. The zero-order valence-electron chi connectivity index (χ0n) is 8.14. The molecule has 1 fully saturated rings. The number of likely N-dealkylation sites (N-methyl/N-ethyl adjacent to an activating group) is 1. The van der Waals surface area contributed by atoms with Crippen molar-refractivity contribution in [3.63, 3.8) is 0 Å². The minimum atomic E-state index is 0.0894. The van der Waals surface area contributed by atoms with Crippen molar-refractivity contribution in [2.24, 2.45) is 5.73 Å². The molecule has 4 nitrogen and oxygen atoms in total. The predicted molar refractivity (Wildman–Crippen MR) is 51.4 cm³/mol. The summed E-state index contributed by atoms with van der Waals surface area (Å²) in [6, 6.07) is 0.643. The molecule has 4 heteroatoms. The molecule has 13 heavy (non-hydrogen) atoms. The fourth-order valence-corrected chi connectivity index (χ4v) is 1.62. The lowest BCUT2D eigenvalue weighted by atomic mass is 10.1. The number of nitrogens with zero attached hydrogens (tertiary/aromatic N) is 3. The van der Waals surface area contributed by atoms with E-state index in [2.05, 4.69) is 23.2 Å². The fourth-order valence-electron chi connectivity index (χ4n) is 1.62. The van der Waals surface area contributed by atoms with Crippen molar-refractivity contribution in [3.05, 3.63) is 18.0 Å². The Hall–Kier alpha value is -0.870. The molecular formula is C9H16N4. The summed E-state index contributed by atoms with van der Waals surface area (Å²) < 4.78 is 2.03. The topological polar surface area (TPSA) is 47.1 Å². The van der Waals surface area contributed by atoms with Crippen LogP contribution in [0.5, 0.6) is 0 Å². The van der Waals surface area contributed by atoms with E-state index in [4.69, 9.17) is 5.73 Å². The zero-order chi connectivity index (χ0) is 9.42. The number of hydrogen-bond donors (Lipinski definition) is 1. The van der Waals surface area contributed by atoms with Crippen LogP contribution in [-0.4, -0.2) is 34.8 Å². The maximum absolute atomic E-state index is 5.75. The van der Waals surface area contributed by atoms with Crippen LogP contribution in [0.4, 0.5) is 0 Å². The van der Waals surface area contributed by atoms with Gasteiger partial charge in [0.1, 0.15) is 0 Å². The largest absolute Gasteiger partial charge is 0.324 e. The summed E-state index contributed by atoms with van der Waals surface area (Å²) in [5.74, 6) is 0. The van der Waals surface area contributed by atoms with Crippen LogP contribution >= 0.6 is 0 Å². The van der Waals surface area contributed by atoms with Crippen LogP contribution in [0.2, 0.25) is 0 Å². The van der Waals surface area contributed by atoms with E-state index in [-0.39, 0.29) is 6.04 Å². The number of nitrogens with two attached hydrogens (primary N) is 1. The second-order valence-electron chi connectivity index (χ2n) is 3.92. The second-order valence-corrected chi connectivity index (χ2v) is 3.92. The van der Waals surface area contributed by atoms with Crippen molar-refractivity contribution >= 4 is 0 Å². The molecule has 72 valence electrons. The van der Waals surface area contributed by atoms with Gasteiger partial charge in [-0.15, -0.1) is 0 Å². The smallest absolute Gasteiger partial charge is 0.0772 e. The van der Waals surface area contributed by atoms with Crippen molar-refractivity contribution in [1.29, 1.82) is 0 Å². The highest BCUT2D eigenvalue weighted by atomic mass is 15.4. The SMILES string of the molecule is CC(N)c1cnn(C2CN(C)C2)c1. The Morgan fingerprint density at radius 3 is 2.77 bits per heavy atom. The summed E-state index contributed by atoms with van der Waals surface area (Å²) in [6.07, 6.45) is 3.92. The normalized spacial score (nSPS) is 21.5. The lowest BCUT2D eigenvalue weighted by Crippen LogP contribution is -2.45. The Morgan fingerprint density at radius 2 is 2.31 bits per heavy atom. The summed E-state index contributed by atoms with van der Waals surface area (Å²) >= 11 is 0. The van der Waals surface area contributed by atoms with Crippen LogP contribution in [0.15, 0.2) is 12.4 Å². The highest BCUT2D eigenvalue weighted by molar-refractivity contribution is 5.09. The summed E-state index contributed by atoms with van der Waals surface area (Å²) in [5.41, 5.74) is 6.87. The van der Waals surface area contributed by atoms with Gasteiger partial charge in [0, 0.05) is 30.9 Å². The van der Waals surface area contributed by atoms with E-state index in [1.54, 1.807) is 0 Å². The van der Waals surface area contributed by atoms with Gasteiger partial charge in [0.15, 0.2) is 0 Å². The molecule has 0 saturated carbocycles. The highest BCUT2D eigenvalue weighted by Crippen LogP contribution is 2.19. The summed E-state index contributed by atoms with van der Waals surface area (Å²) in [6.45, 7) is 4.17. The summed E-state index contributed by atoms with van der Waals surface area (Å²) in [5, 5.41) is 4.30. The van der Waals surface area contributed by atoms with Gasteiger partial charge in [-0.3, -0.25) is 4.68 Å². The second kappa shape index (κ2) is 3.12. The van der Waals surface area contributed by atoms with Gasteiger partial charge < -0.3 is 10.6 Å². The van der Waals surface area contributed by atoms with Crippen LogP contribution in [0.3, 0.4) is 0 Å².